The lowest BCUT2D eigenvalue weighted by molar-refractivity contribution is 0.448. The number of aromatic nitrogens is 1. The lowest BCUT2D eigenvalue weighted by Crippen LogP contribution is -2.37. The van der Waals surface area contributed by atoms with Crippen LogP contribution in [0.5, 0.6) is 0 Å². The first-order valence-electron chi connectivity index (χ1n) is 10.8. The molecule has 3 heterocycles. The minimum absolute atomic E-state index is 0.716. The lowest BCUT2D eigenvalue weighted by atomic mass is 9.23. The molecular weight excluding hydrogens is 341 g/mol. The number of benzene rings is 1. The molecule has 140 valence electrons. The zero-order valence-corrected chi connectivity index (χ0v) is 18.1. The van der Waals surface area contributed by atoms with Crippen LogP contribution in [0.1, 0.15) is 49.8 Å². The minimum atomic E-state index is -1.29. The summed E-state index contributed by atoms with van der Waals surface area (Å²) in [7, 11) is -1.29. The molecule has 2 saturated heterocycles. The molecule has 0 N–H and O–H groups in total. The van der Waals surface area contributed by atoms with E-state index in [1.807, 2.05) is 0 Å². The predicted molar refractivity (Wildman–Crippen MR) is 122 cm³/mol. The van der Waals surface area contributed by atoms with E-state index in [0.29, 0.717) is 6.71 Å². The summed E-state index contributed by atoms with van der Waals surface area (Å²) in [6, 6.07) is 15.7. The maximum absolute atomic E-state index is 4.86. The van der Waals surface area contributed by atoms with E-state index < -0.39 is 8.07 Å². The second kappa shape index (κ2) is 7.79. The van der Waals surface area contributed by atoms with Crippen molar-refractivity contribution < 1.29 is 0 Å². The first-order valence-corrected chi connectivity index (χ1v) is 14.3. The second-order valence-corrected chi connectivity index (χ2v) is 14.7. The van der Waals surface area contributed by atoms with Crippen LogP contribution < -0.4 is 5.19 Å². The molecule has 2 aliphatic heterocycles. The van der Waals surface area contributed by atoms with Crippen molar-refractivity contribution in [3.63, 3.8) is 0 Å². The van der Waals surface area contributed by atoms with Gasteiger partial charge >= 0.3 is 0 Å². The normalized spacial score (nSPS) is 23.4. The molecule has 27 heavy (non-hydrogen) atoms. The summed E-state index contributed by atoms with van der Waals surface area (Å²) in [6.45, 7) is 7.88. The largest absolute Gasteiger partial charge is 0.257 e. The molecule has 0 atom stereocenters. The summed E-state index contributed by atoms with van der Waals surface area (Å²) in [5.41, 5.74) is 4.06. The van der Waals surface area contributed by atoms with Crippen molar-refractivity contribution in [1.29, 1.82) is 0 Å². The first-order chi connectivity index (χ1) is 13.0. The van der Waals surface area contributed by atoms with Crippen LogP contribution in [-0.4, -0.2) is 19.8 Å². The molecule has 0 spiro atoms. The summed E-state index contributed by atoms with van der Waals surface area (Å²) in [4.78, 5) is 4.86. The fourth-order valence-electron chi connectivity index (χ4n) is 5.28. The van der Waals surface area contributed by atoms with Gasteiger partial charge in [0.05, 0.1) is 13.8 Å². The third-order valence-corrected chi connectivity index (χ3v) is 8.77. The Morgan fingerprint density at radius 1 is 0.926 bits per heavy atom. The van der Waals surface area contributed by atoms with Gasteiger partial charge in [0.2, 0.25) is 0 Å². The minimum Gasteiger partial charge on any atom is -0.257 e. The topological polar surface area (TPSA) is 12.9 Å². The van der Waals surface area contributed by atoms with Crippen molar-refractivity contribution in [1.82, 2.24) is 4.98 Å². The highest BCUT2D eigenvalue weighted by Gasteiger charge is 2.41. The molecule has 3 heteroatoms. The van der Waals surface area contributed by atoms with Crippen LogP contribution in [0.3, 0.4) is 0 Å². The van der Waals surface area contributed by atoms with Gasteiger partial charge in [-0.1, -0.05) is 112 Å². The standard InChI is InChI=1S/C24H32BNSi/c1-27(2,3)23-16-15-22(26-18-23)17-24(19-9-5-4-6-10-19)25-20-11-7-12-21(25)14-8-13-20/h4-6,9-10,15-18,20-21H,7-8,11-14H2,1-3H3/b24-17-. The molecule has 0 aliphatic carbocycles. The van der Waals surface area contributed by atoms with E-state index >= 15 is 0 Å². The second-order valence-electron chi connectivity index (χ2n) is 9.60. The Bertz CT molecular complexity index is 769. The Labute approximate surface area is 166 Å². The number of pyridine rings is 1. The quantitative estimate of drug-likeness (QED) is 0.572. The van der Waals surface area contributed by atoms with Crippen LogP contribution in [0.25, 0.3) is 11.5 Å². The van der Waals surface area contributed by atoms with E-state index in [2.05, 4.69) is 74.4 Å². The SMILES string of the molecule is C[Si](C)(C)c1ccc(/C=C(\B2C3CCCC2CCC3)c2ccccc2)nc1. The summed E-state index contributed by atoms with van der Waals surface area (Å²) < 4.78 is 0. The van der Waals surface area contributed by atoms with Crippen LogP contribution in [0, 0.1) is 0 Å². The lowest BCUT2D eigenvalue weighted by Gasteiger charge is -2.42. The molecular formula is C24H32BNSi. The molecule has 0 saturated carbocycles. The van der Waals surface area contributed by atoms with Crippen LogP contribution >= 0.6 is 0 Å². The summed E-state index contributed by atoms with van der Waals surface area (Å²) in [5.74, 6) is 1.73. The molecule has 0 unspecified atom stereocenters. The molecule has 4 rings (SSSR count). The molecule has 0 amide bonds. The fourth-order valence-corrected chi connectivity index (χ4v) is 6.32. The molecule has 2 aliphatic rings. The molecule has 1 aromatic heterocycles. The third-order valence-electron chi connectivity index (χ3n) is 6.74. The van der Waals surface area contributed by atoms with Crippen molar-refractivity contribution in [3.8, 4) is 0 Å². The van der Waals surface area contributed by atoms with E-state index in [-0.39, 0.29) is 0 Å². The van der Waals surface area contributed by atoms with Crippen molar-refractivity contribution >= 4 is 31.5 Å². The maximum Gasteiger partial charge on any atom is 0.183 e. The van der Waals surface area contributed by atoms with Crippen LogP contribution in [0.2, 0.25) is 31.3 Å². The van der Waals surface area contributed by atoms with Gasteiger partial charge < -0.3 is 0 Å². The van der Waals surface area contributed by atoms with Crippen LogP contribution in [0.4, 0.5) is 0 Å². The van der Waals surface area contributed by atoms with Crippen molar-refractivity contribution in [2.24, 2.45) is 0 Å². The van der Waals surface area contributed by atoms with Gasteiger partial charge in [0, 0.05) is 6.20 Å². The van der Waals surface area contributed by atoms with Gasteiger partial charge in [0.25, 0.3) is 0 Å². The molecule has 2 bridgehead atoms. The zero-order valence-electron chi connectivity index (χ0n) is 17.1. The average molecular weight is 373 g/mol. The molecule has 0 radical (unpaired) electrons. The Morgan fingerprint density at radius 2 is 1.56 bits per heavy atom. The number of hydrogen-bond donors (Lipinski definition) is 0. The van der Waals surface area contributed by atoms with E-state index in [0.717, 1.165) is 17.3 Å². The Hall–Kier alpha value is -1.61. The number of hydrogen-bond acceptors (Lipinski definition) is 1. The Balaban J connectivity index is 1.73. The summed E-state index contributed by atoms with van der Waals surface area (Å²) in [5, 5.41) is 1.44. The third kappa shape index (κ3) is 4.13. The van der Waals surface area contributed by atoms with Crippen LogP contribution in [-0.2, 0) is 0 Å². The highest BCUT2D eigenvalue weighted by molar-refractivity contribution is 6.88. The van der Waals surface area contributed by atoms with Gasteiger partial charge in [-0.2, -0.15) is 0 Å². The number of fused-ring (bicyclic) bond motifs is 2. The van der Waals surface area contributed by atoms with Gasteiger partial charge in [-0.15, -0.1) is 0 Å². The first kappa shape index (κ1) is 18.7. The zero-order chi connectivity index (χ0) is 18.9. The number of nitrogens with zero attached hydrogens (tertiary/aromatic N) is 1. The van der Waals surface area contributed by atoms with Gasteiger partial charge in [-0.25, -0.2) is 0 Å². The fraction of sp³-hybridized carbons (Fsp3) is 0.458. The molecule has 1 nitrogen and oxygen atoms in total. The van der Waals surface area contributed by atoms with Crippen LogP contribution in [0.15, 0.2) is 48.7 Å². The number of rotatable bonds is 4. The van der Waals surface area contributed by atoms with E-state index in [9.17, 15) is 0 Å². The average Bonchev–Trinajstić information content (AvgIpc) is 2.66. The van der Waals surface area contributed by atoms with Crippen molar-refractivity contribution in [2.75, 3.05) is 0 Å². The smallest absolute Gasteiger partial charge is 0.183 e. The molecule has 1 aromatic carbocycles. The van der Waals surface area contributed by atoms with E-state index in [1.54, 1.807) is 5.47 Å². The van der Waals surface area contributed by atoms with Gasteiger partial charge in [-0.3, -0.25) is 4.98 Å². The highest BCUT2D eigenvalue weighted by Crippen LogP contribution is 2.50. The Kier molecular flexibility index (Phi) is 5.41. The van der Waals surface area contributed by atoms with E-state index in [1.165, 1.54) is 49.3 Å². The maximum atomic E-state index is 4.86. The van der Waals surface area contributed by atoms with E-state index in [4.69, 9.17) is 4.98 Å². The Morgan fingerprint density at radius 3 is 2.07 bits per heavy atom. The van der Waals surface area contributed by atoms with Gasteiger partial charge in [0.15, 0.2) is 6.71 Å². The predicted octanol–water partition coefficient (Wildman–Crippen LogP) is 6.31. The monoisotopic (exact) mass is 373 g/mol. The summed E-state index contributed by atoms with van der Waals surface area (Å²) in [6.07, 6.45) is 13.0. The summed E-state index contributed by atoms with van der Waals surface area (Å²) >= 11 is 0. The van der Waals surface area contributed by atoms with Gasteiger partial charge in [-0.05, 0) is 22.9 Å². The highest BCUT2D eigenvalue weighted by atomic mass is 28.3. The van der Waals surface area contributed by atoms with Gasteiger partial charge in [0.1, 0.15) is 0 Å². The van der Waals surface area contributed by atoms with Crippen molar-refractivity contribution in [3.05, 3.63) is 59.9 Å². The molecule has 2 aromatic rings. The molecule has 2 fully saturated rings. The van der Waals surface area contributed by atoms with Crippen molar-refractivity contribution in [2.45, 2.75) is 69.8 Å².